The number of fused-ring (bicyclic) bond motifs is 1. The summed E-state index contributed by atoms with van der Waals surface area (Å²) in [4.78, 5) is 30.1. The lowest BCUT2D eigenvalue weighted by atomic mass is 10.0. The third-order valence-corrected chi connectivity index (χ3v) is 7.29. The molecule has 3 aromatic rings. The molecule has 1 saturated carbocycles. The lowest BCUT2D eigenvalue weighted by Gasteiger charge is -2.27. The fourth-order valence-corrected chi connectivity index (χ4v) is 5.36. The number of anilines is 1. The van der Waals surface area contributed by atoms with Gasteiger partial charge in [-0.25, -0.2) is 9.18 Å². The molecular weight excluding hydrogens is 445 g/mol. The first-order valence-electron chi connectivity index (χ1n) is 12.4. The number of halogens is 1. The number of esters is 1. The zero-order valence-corrected chi connectivity index (χ0v) is 20.6. The van der Waals surface area contributed by atoms with Crippen molar-refractivity contribution >= 4 is 22.6 Å². The second kappa shape index (κ2) is 9.46. The van der Waals surface area contributed by atoms with Crippen molar-refractivity contribution in [1.82, 2.24) is 9.47 Å². The highest BCUT2D eigenvalue weighted by Gasteiger charge is 2.32. The van der Waals surface area contributed by atoms with E-state index < -0.39 is 17.2 Å². The topological polar surface area (TPSA) is 54.8 Å². The van der Waals surface area contributed by atoms with Gasteiger partial charge in [0.2, 0.25) is 5.43 Å². The molecule has 1 atom stereocenters. The van der Waals surface area contributed by atoms with Crippen molar-refractivity contribution in [2.75, 3.05) is 31.6 Å². The summed E-state index contributed by atoms with van der Waals surface area (Å²) in [5.74, 6) is -1.07. The third kappa shape index (κ3) is 4.45. The first kappa shape index (κ1) is 23.5. The standard InChI is InChI=1S/C28H32FN3O3/c1-4-35-28(34)23-17-32(20-10-11-20)25-18(2)26(24(29)14-22(25)27(23)33)31-13-12-21(16-31)30(3)15-19-8-6-5-7-9-19/h5-9,14,17,20-21H,4,10-13,15-16H2,1-3H3. The van der Waals surface area contributed by atoms with E-state index in [2.05, 4.69) is 29.0 Å². The van der Waals surface area contributed by atoms with Crippen molar-refractivity contribution in [1.29, 1.82) is 0 Å². The van der Waals surface area contributed by atoms with Crippen molar-refractivity contribution in [3.63, 3.8) is 0 Å². The van der Waals surface area contributed by atoms with Crippen LogP contribution >= 0.6 is 0 Å². The van der Waals surface area contributed by atoms with Gasteiger partial charge >= 0.3 is 5.97 Å². The Labute approximate surface area is 204 Å². The summed E-state index contributed by atoms with van der Waals surface area (Å²) in [6, 6.07) is 12.2. The lowest BCUT2D eigenvalue weighted by molar-refractivity contribution is 0.0524. The molecule has 1 saturated heterocycles. The van der Waals surface area contributed by atoms with Gasteiger partial charge < -0.3 is 14.2 Å². The summed E-state index contributed by atoms with van der Waals surface area (Å²) < 4.78 is 22.7. The number of hydrogen-bond acceptors (Lipinski definition) is 5. The third-order valence-electron chi connectivity index (χ3n) is 7.29. The second-order valence-corrected chi connectivity index (χ2v) is 9.75. The minimum Gasteiger partial charge on any atom is -0.462 e. The SMILES string of the molecule is CCOC(=O)c1cn(C2CC2)c2c(C)c(N3CCC(N(C)Cc4ccccc4)C3)c(F)cc2c1=O. The number of ether oxygens (including phenoxy) is 1. The molecule has 5 rings (SSSR count). The number of aryl methyl sites for hydroxylation is 1. The average Bonchev–Trinajstić information content (AvgIpc) is 3.57. The van der Waals surface area contributed by atoms with Gasteiger partial charge in [-0.1, -0.05) is 30.3 Å². The summed E-state index contributed by atoms with van der Waals surface area (Å²) in [7, 11) is 2.12. The van der Waals surface area contributed by atoms with Gasteiger partial charge in [-0.05, 0) is 57.4 Å². The molecule has 0 bridgehead atoms. The van der Waals surface area contributed by atoms with Gasteiger partial charge in [-0.2, -0.15) is 0 Å². The summed E-state index contributed by atoms with van der Waals surface area (Å²) in [6.45, 7) is 6.10. The molecular formula is C28H32FN3O3. The number of carbonyl (C=O) groups excluding carboxylic acids is 1. The number of pyridine rings is 1. The molecule has 2 fully saturated rings. The summed E-state index contributed by atoms with van der Waals surface area (Å²) in [5.41, 5.74) is 2.80. The second-order valence-electron chi connectivity index (χ2n) is 9.75. The van der Waals surface area contributed by atoms with Gasteiger partial charge in [0, 0.05) is 43.3 Å². The first-order chi connectivity index (χ1) is 16.9. The Hall–Kier alpha value is -3.19. The van der Waals surface area contributed by atoms with E-state index >= 15 is 4.39 Å². The van der Waals surface area contributed by atoms with Gasteiger partial charge in [0.25, 0.3) is 0 Å². The number of benzene rings is 2. The van der Waals surface area contributed by atoms with Crippen molar-refractivity contribution in [3.05, 3.63) is 75.3 Å². The number of likely N-dealkylation sites (N-methyl/N-ethyl adjacent to an activating group) is 1. The van der Waals surface area contributed by atoms with Crippen LogP contribution in [0.3, 0.4) is 0 Å². The van der Waals surface area contributed by atoms with Crippen LogP contribution in [-0.2, 0) is 11.3 Å². The zero-order valence-electron chi connectivity index (χ0n) is 20.6. The maximum absolute atomic E-state index is 15.6. The molecule has 1 aromatic heterocycles. The Kier molecular flexibility index (Phi) is 6.36. The van der Waals surface area contributed by atoms with E-state index in [0.29, 0.717) is 11.7 Å². The highest BCUT2D eigenvalue weighted by molar-refractivity contribution is 5.96. The highest BCUT2D eigenvalue weighted by Crippen LogP contribution is 2.40. The predicted octanol–water partition coefficient (Wildman–Crippen LogP) is 4.67. The summed E-state index contributed by atoms with van der Waals surface area (Å²) >= 11 is 0. The molecule has 7 heteroatoms. The van der Waals surface area contributed by atoms with Crippen LogP contribution in [0, 0.1) is 12.7 Å². The van der Waals surface area contributed by atoms with E-state index in [0.717, 1.165) is 50.0 Å². The van der Waals surface area contributed by atoms with Crippen LogP contribution in [0.25, 0.3) is 10.9 Å². The van der Waals surface area contributed by atoms with Gasteiger partial charge in [-0.15, -0.1) is 0 Å². The molecule has 1 unspecified atom stereocenters. The number of aromatic nitrogens is 1. The van der Waals surface area contributed by atoms with Crippen molar-refractivity contribution in [2.24, 2.45) is 0 Å². The van der Waals surface area contributed by atoms with E-state index in [9.17, 15) is 9.59 Å². The fourth-order valence-electron chi connectivity index (χ4n) is 5.36. The van der Waals surface area contributed by atoms with E-state index in [1.54, 1.807) is 13.1 Å². The van der Waals surface area contributed by atoms with Crippen molar-refractivity contribution in [3.8, 4) is 0 Å². The van der Waals surface area contributed by atoms with Crippen molar-refractivity contribution in [2.45, 2.75) is 51.7 Å². The monoisotopic (exact) mass is 477 g/mol. The zero-order chi connectivity index (χ0) is 24.7. The molecule has 0 radical (unpaired) electrons. The molecule has 1 aliphatic carbocycles. The number of rotatable bonds is 7. The van der Waals surface area contributed by atoms with Crippen LogP contribution in [0.15, 0.2) is 47.4 Å². The minimum absolute atomic E-state index is 0.0263. The van der Waals surface area contributed by atoms with Crippen LogP contribution in [0.2, 0.25) is 0 Å². The molecule has 0 spiro atoms. The van der Waals surface area contributed by atoms with Crippen LogP contribution in [0.1, 0.15) is 53.7 Å². The highest BCUT2D eigenvalue weighted by atomic mass is 19.1. The molecule has 6 nitrogen and oxygen atoms in total. The average molecular weight is 478 g/mol. The fraction of sp³-hybridized carbons (Fsp3) is 0.429. The Morgan fingerprint density at radius 2 is 1.94 bits per heavy atom. The maximum atomic E-state index is 15.6. The molecule has 35 heavy (non-hydrogen) atoms. The van der Waals surface area contributed by atoms with Gasteiger partial charge in [0.05, 0.1) is 17.8 Å². The Bertz CT molecular complexity index is 1320. The van der Waals surface area contributed by atoms with Gasteiger partial charge in [-0.3, -0.25) is 9.69 Å². The summed E-state index contributed by atoms with van der Waals surface area (Å²) in [6.07, 6.45) is 4.51. The van der Waals surface area contributed by atoms with E-state index in [1.807, 2.05) is 29.7 Å². The van der Waals surface area contributed by atoms with Crippen LogP contribution in [0.5, 0.6) is 0 Å². The molecule has 2 aromatic carbocycles. The minimum atomic E-state index is -0.653. The maximum Gasteiger partial charge on any atom is 0.343 e. The van der Waals surface area contributed by atoms with Gasteiger partial charge in [0.1, 0.15) is 11.4 Å². The lowest BCUT2D eigenvalue weighted by Crippen LogP contribution is -2.34. The van der Waals surface area contributed by atoms with Crippen molar-refractivity contribution < 1.29 is 13.9 Å². The van der Waals surface area contributed by atoms with E-state index in [-0.39, 0.29) is 23.6 Å². The van der Waals surface area contributed by atoms with E-state index in [1.165, 1.54) is 11.6 Å². The Balaban J connectivity index is 1.50. The quantitative estimate of drug-likeness (QED) is 0.463. The molecule has 1 aliphatic heterocycles. The Morgan fingerprint density at radius 3 is 2.63 bits per heavy atom. The normalized spacial score (nSPS) is 18.0. The van der Waals surface area contributed by atoms with Crippen LogP contribution in [0.4, 0.5) is 10.1 Å². The Morgan fingerprint density at radius 1 is 1.20 bits per heavy atom. The largest absolute Gasteiger partial charge is 0.462 e. The number of carbonyl (C=O) groups is 1. The van der Waals surface area contributed by atoms with Crippen LogP contribution in [-0.4, -0.2) is 48.2 Å². The van der Waals surface area contributed by atoms with E-state index in [4.69, 9.17) is 4.74 Å². The number of nitrogens with zero attached hydrogens (tertiary/aromatic N) is 3. The van der Waals surface area contributed by atoms with Gasteiger partial charge in [0.15, 0.2) is 0 Å². The molecule has 184 valence electrons. The predicted molar refractivity (Wildman–Crippen MR) is 136 cm³/mol. The molecule has 2 aliphatic rings. The smallest absolute Gasteiger partial charge is 0.343 e. The molecule has 2 heterocycles. The molecule has 0 amide bonds. The number of hydrogen-bond donors (Lipinski definition) is 0. The van der Waals surface area contributed by atoms with Crippen LogP contribution < -0.4 is 10.3 Å². The molecule has 0 N–H and O–H groups in total. The first-order valence-corrected chi connectivity index (χ1v) is 12.4. The summed E-state index contributed by atoms with van der Waals surface area (Å²) in [5, 5.41) is 0.248.